The minimum Gasteiger partial charge on any atom is -0.304 e. The van der Waals surface area contributed by atoms with Crippen LogP contribution in [-0.4, -0.2) is 19.9 Å². The van der Waals surface area contributed by atoms with E-state index in [0.29, 0.717) is 5.56 Å². The van der Waals surface area contributed by atoms with Gasteiger partial charge in [-0.25, -0.2) is 0 Å². The third-order valence-corrected chi connectivity index (χ3v) is 5.47. The van der Waals surface area contributed by atoms with Gasteiger partial charge in [-0.3, -0.25) is 0 Å². The van der Waals surface area contributed by atoms with Gasteiger partial charge < -0.3 is 4.98 Å². The monoisotopic (exact) mass is 572 g/mol. The Morgan fingerprint density at radius 2 is 1.55 bits per heavy atom. The SMILES string of the molecule is Cc1cc(-c2nc(F)nc(F)n2)cnc1-c1[c-]cc2c(c1)C(C)(C)CC2(C)C.[Ir]. The molecule has 4 nitrogen and oxygen atoms in total. The number of pyridine rings is 1. The predicted molar refractivity (Wildman–Crippen MR) is 103 cm³/mol. The molecular formula is C22H21F2IrN4-. The first-order valence-electron chi connectivity index (χ1n) is 9.18. The number of nitrogens with zero attached hydrogens (tertiary/aromatic N) is 4. The molecule has 0 aliphatic heterocycles. The van der Waals surface area contributed by atoms with Gasteiger partial charge in [-0.1, -0.05) is 39.3 Å². The summed E-state index contributed by atoms with van der Waals surface area (Å²) in [5, 5.41) is 0. The van der Waals surface area contributed by atoms with E-state index in [0.717, 1.165) is 23.2 Å². The number of aromatic nitrogens is 4. The van der Waals surface area contributed by atoms with E-state index in [-0.39, 0.29) is 36.8 Å². The quantitative estimate of drug-likeness (QED) is 0.409. The molecule has 0 atom stereocenters. The molecule has 0 saturated carbocycles. The third-order valence-electron chi connectivity index (χ3n) is 5.47. The van der Waals surface area contributed by atoms with Crippen LogP contribution in [-0.2, 0) is 30.9 Å². The molecule has 2 aromatic heterocycles. The minimum atomic E-state index is -1.15. The van der Waals surface area contributed by atoms with E-state index in [4.69, 9.17) is 0 Å². The van der Waals surface area contributed by atoms with Crippen LogP contribution < -0.4 is 0 Å². The van der Waals surface area contributed by atoms with Crippen LogP contribution >= 0.6 is 0 Å². The van der Waals surface area contributed by atoms with Gasteiger partial charge in [0.05, 0.1) is 0 Å². The van der Waals surface area contributed by atoms with Crippen molar-refractivity contribution in [1.82, 2.24) is 19.9 Å². The predicted octanol–water partition coefficient (Wildman–Crippen LogP) is 4.94. The molecule has 0 N–H and O–H groups in total. The Morgan fingerprint density at radius 1 is 0.931 bits per heavy atom. The van der Waals surface area contributed by atoms with Gasteiger partial charge in [0.1, 0.15) is 0 Å². The number of hydrogen-bond donors (Lipinski definition) is 0. The molecule has 2 heterocycles. The van der Waals surface area contributed by atoms with Crippen LogP contribution in [0.2, 0.25) is 0 Å². The van der Waals surface area contributed by atoms with Gasteiger partial charge in [0, 0.05) is 31.9 Å². The third kappa shape index (κ3) is 3.86. The van der Waals surface area contributed by atoms with Gasteiger partial charge in [0.15, 0.2) is 5.82 Å². The maximum atomic E-state index is 13.3. The second-order valence-electron chi connectivity index (χ2n) is 8.71. The fraction of sp³-hybridized carbons (Fsp3) is 0.364. The largest absolute Gasteiger partial charge is 0.314 e. The fourth-order valence-corrected chi connectivity index (χ4v) is 4.48. The number of aryl methyl sites for hydroxylation is 1. The number of benzene rings is 1. The number of hydrogen-bond acceptors (Lipinski definition) is 4. The Bertz CT molecular complexity index is 1080. The van der Waals surface area contributed by atoms with Crippen LogP contribution in [0.3, 0.4) is 0 Å². The van der Waals surface area contributed by atoms with E-state index >= 15 is 0 Å². The van der Waals surface area contributed by atoms with Gasteiger partial charge in [0.25, 0.3) is 0 Å². The summed E-state index contributed by atoms with van der Waals surface area (Å²) in [7, 11) is 0. The summed E-state index contributed by atoms with van der Waals surface area (Å²) in [5.74, 6) is -0.0760. The topological polar surface area (TPSA) is 51.6 Å². The van der Waals surface area contributed by atoms with Crippen LogP contribution in [0.4, 0.5) is 8.78 Å². The molecule has 1 radical (unpaired) electrons. The number of halogens is 2. The van der Waals surface area contributed by atoms with E-state index in [1.807, 2.05) is 6.92 Å². The molecule has 0 amide bonds. The van der Waals surface area contributed by atoms with Gasteiger partial charge in [-0.15, -0.1) is 34.9 Å². The molecule has 1 aliphatic rings. The molecule has 4 rings (SSSR count). The van der Waals surface area contributed by atoms with Gasteiger partial charge in [-0.05, 0) is 29.9 Å². The molecule has 0 fully saturated rings. The molecule has 1 aromatic carbocycles. The fourth-order valence-electron chi connectivity index (χ4n) is 4.48. The summed E-state index contributed by atoms with van der Waals surface area (Å²) >= 11 is 0. The van der Waals surface area contributed by atoms with E-state index in [2.05, 4.69) is 65.8 Å². The van der Waals surface area contributed by atoms with E-state index < -0.39 is 12.2 Å². The van der Waals surface area contributed by atoms with Crippen LogP contribution in [0.25, 0.3) is 22.6 Å². The zero-order chi connectivity index (χ0) is 20.3. The van der Waals surface area contributed by atoms with Gasteiger partial charge in [0.2, 0.25) is 0 Å². The Labute approximate surface area is 182 Å². The van der Waals surface area contributed by atoms with Crippen molar-refractivity contribution in [2.75, 3.05) is 0 Å². The Hall–Kier alpha value is -2.11. The second kappa shape index (κ2) is 7.29. The van der Waals surface area contributed by atoms with E-state index in [1.165, 1.54) is 17.3 Å². The summed E-state index contributed by atoms with van der Waals surface area (Å²) in [4.78, 5) is 14.5. The number of fused-ring (bicyclic) bond motifs is 1. The molecule has 0 spiro atoms. The molecule has 153 valence electrons. The van der Waals surface area contributed by atoms with Crippen molar-refractivity contribution < 1.29 is 28.9 Å². The van der Waals surface area contributed by atoms with Crippen molar-refractivity contribution in [3.05, 3.63) is 59.3 Å². The smallest absolute Gasteiger partial charge is 0.304 e. The minimum absolute atomic E-state index is 0. The maximum absolute atomic E-state index is 13.3. The molecule has 0 unspecified atom stereocenters. The van der Waals surface area contributed by atoms with Gasteiger partial charge >= 0.3 is 12.2 Å². The van der Waals surface area contributed by atoms with Crippen molar-refractivity contribution >= 4 is 0 Å². The van der Waals surface area contributed by atoms with Crippen LogP contribution in [0.5, 0.6) is 0 Å². The molecule has 0 saturated heterocycles. The summed E-state index contributed by atoms with van der Waals surface area (Å²) in [5.41, 5.74) is 5.81. The Balaban J connectivity index is 0.00000240. The molecule has 0 bridgehead atoms. The molecule has 3 aromatic rings. The molecule has 29 heavy (non-hydrogen) atoms. The Morgan fingerprint density at radius 3 is 2.17 bits per heavy atom. The van der Waals surface area contributed by atoms with E-state index in [9.17, 15) is 8.78 Å². The van der Waals surface area contributed by atoms with Crippen LogP contribution in [0.1, 0.15) is 50.8 Å². The molecule has 7 heteroatoms. The van der Waals surface area contributed by atoms with Crippen molar-refractivity contribution in [2.24, 2.45) is 0 Å². The van der Waals surface area contributed by atoms with Gasteiger partial charge in [-0.2, -0.15) is 23.7 Å². The second-order valence-corrected chi connectivity index (χ2v) is 8.71. The standard InChI is InChI=1S/C22H21F2N4.Ir/c1-12-8-14(18-26-19(23)28-20(24)27-18)10-25-17(12)13-6-7-15-16(9-13)22(4,5)11-21(15,2)3;/h7-10H,11H2,1-5H3;/q-1;. The zero-order valence-electron chi connectivity index (χ0n) is 16.9. The summed E-state index contributed by atoms with van der Waals surface area (Å²) < 4.78 is 26.6. The summed E-state index contributed by atoms with van der Waals surface area (Å²) in [6.45, 7) is 10.9. The maximum Gasteiger partial charge on any atom is 0.314 e. The van der Waals surface area contributed by atoms with Crippen molar-refractivity contribution in [1.29, 1.82) is 0 Å². The van der Waals surface area contributed by atoms with E-state index in [1.54, 1.807) is 6.07 Å². The average Bonchev–Trinajstić information content (AvgIpc) is 2.78. The van der Waals surface area contributed by atoms with Crippen molar-refractivity contribution in [2.45, 2.75) is 51.9 Å². The summed E-state index contributed by atoms with van der Waals surface area (Å²) in [6.07, 6.45) is 0.295. The Kier molecular flexibility index (Phi) is 5.43. The van der Waals surface area contributed by atoms with Crippen molar-refractivity contribution in [3.63, 3.8) is 0 Å². The first kappa shape index (κ1) is 21.6. The van der Waals surface area contributed by atoms with Crippen LogP contribution in [0, 0.1) is 25.1 Å². The summed E-state index contributed by atoms with van der Waals surface area (Å²) in [6, 6.07) is 9.39. The number of rotatable bonds is 2. The first-order chi connectivity index (χ1) is 13.1. The molecule has 1 aliphatic carbocycles. The first-order valence-corrected chi connectivity index (χ1v) is 9.18. The van der Waals surface area contributed by atoms with Crippen molar-refractivity contribution in [3.8, 4) is 22.6 Å². The van der Waals surface area contributed by atoms with Crippen LogP contribution in [0.15, 0.2) is 24.4 Å². The average molecular weight is 572 g/mol. The zero-order valence-corrected chi connectivity index (χ0v) is 19.3. The molecular weight excluding hydrogens is 550 g/mol. The normalized spacial score (nSPS) is 16.2.